The van der Waals surface area contributed by atoms with Crippen molar-refractivity contribution in [3.05, 3.63) is 59.3 Å². The van der Waals surface area contributed by atoms with Crippen molar-refractivity contribution >= 4 is 34.4 Å². The summed E-state index contributed by atoms with van der Waals surface area (Å²) in [5.74, 6) is -0.936. The average molecular weight is 464 g/mol. The Labute approximate surface area is 198 Å². The number of amides is 2. The molecule has 1 aliphatic carbocycles. The fraction of sp³-hybridized carbons (Fsp3) is 0.346. The Morgan fingerprint density at radius 1 is 1.12 bits per heavy atom. The van der Waals surface area contributed by atoms with Crippen molar-refractivity contribution in [2.75, 3.05) is 19.0 Å². The molecule has 34 heavy (non-hydrogen) atoms. The van der Waals surface area contributed by atoms with Gasteiger partial charge in [-0.1, -0.05) is 30.7 Å². The monoisotopic (exact) mass is 463 g/mol. The first-order valence-corrected chi connectivity index (χ1v) is 11.4. The zero-order valence-electron chi connectivity index (χ0n) is 19.4. The third-order valence-electron chi connectivity index (χ3n) is 6.28. The van der Waals surface area contributed by atoms with Gasteiger partial charge in [0.15, 0.2) is 6.61 Å². The Hall–Kier alpha value is -3.81. The smallest absolute Gasteiger partial charge is 0.343 e. The number of benzene rings is 2. The van der Waals surface area contributed by atoms with E-state index in [1.165, 1.54) is 14.0 Å². The maximum atomic E-state index is 12.5. The average Bonchev–Trinajstić information content (AvgIpc) is 2.96. The van der Waals surface area contributed by atoms with E-state index in [1.807, 2.05) is 36.4 Å². The van der Waals surface area contributed by atoms with Crippen LogP contribution in [0.1, 0.15) is 48.9 Å². The van der Waals surface area contributed by atoms with Crippen LogP contribution in [0.4, 0.5) is 5.69 Å². The molecule has 1 heterocycles. The molecule has 2 aromatic carbocycles. The number of para-hydroxylation sites is 1. The number of anilines is 1. The fourth-order valence-electron chi connectivity index (χ4n) is 4.80. The highest BCUT2D eigenvalue weighted by Crippen LogP contribution is 2.42. The molecule has 1 unspecified atom stereocenters. The van der Waals surface area contributed by atoms with Crippen molar-refractivity contribution in [3.63, 3.8) is 0 Å². The van der Waals surface area contributed by atoms with E-state index in [-0.39, 0.29) is 18.4 Å². The molecule has 0 radical (unpaired) electrons. The summed E-state index contributed by atoms with van der Waals surface area (Å²) in [5, 5.41) is 3.70. The molecule has 0 aliphatic heterocycles. The van der Waals surface area contributed by atoms with Crippen molar-refractivity contribution < 1.29 is 23.9 Å². The minimum Gasteiger partial charge on any atom is -0.481 e. The molecule has 4 rings (SSSR count). The van der Waals surface area contributed by atoms with E-state index in [0.717, 1.165) is 52.7 Å². The predicted molar refractivity (Wildman–Crippen MR) is 129 cm³/mol. The molecular weight excluding hydrogens is 434 g/mol. The van der Waals surface area contributed by atoms with Crippen LogP contribution in [-0.2, 0) is 32.1 Å². The molecule has 0 fully saturated rings. The van der Waals surface area contributed by atoms with Gasteiger partial charge in [-0.3, -0.25) is 9.59 Å². The van der Waals surface area contributed by atoms with Gasteiger partial charge in [-0.05, 0) is 48.6 Å². The molecule has 8 nitrogen and oxygen atoms in total. The Balaban J connectivity index is 1.91. The van der Waals surface area contributed by atoms with E-state index >= 15 is 0 Å². The molecule has 0 saturated heterocycles. The van der Waals surface area contributed by atoms with Crippen LogP contribution in [0.5, 0.6) is 5.75 Å². The van der Waals surface area contributed by atoms with Gasteiger partial charge in [-0.2, -0.15) is 0 Å². The molecule has 0 spiro atoms. The second-order valence-electron chi connectivity index (χ2n) is 8.50. The van der Waals surface area contributed by atoms with Crippen LogP contribution in [0.25, 0.3) is 10.9 Å². The van der Waals surface area contributed by atoms with Gasteiger partial charge in [-0.25, -0.2) is 4.79 Å². The molecule has 1 aliphatic rings. The number of fused-ring (bicyclic) bond motifs is 3. The number of primary amides is 1. The first-order chi connectivity index (χ1) is 16.4. The minimum absolute atomic E-state index is 0.143. The third kappa shape index (κ3) is 4.62. The summed E-state index contributed by atoms with van der Waals surface area (Å²) < 4.78 is 12.8. The summed E-state index contributed by atoms with van der Waals surface area (Å²) in [7, 11) is 1.31. The van der Waals surface area contributed by atoms with Crippen LogP contribution in [-0.4, -0.2) is 36.1 Å². The number of ether oxygens (including phenoxy) is 2. The summed E-state index contributed by atoms with van der Waals surface area (Å²) >= 11 is 0. The number of nitrogens with zero attached hydrogens (tertiary/aromatic N) is 1. The Morgan fingerprint density at radius 3 is 2.65 bits per heavy atom. The van der Waals surface area contributed by atoms with Crippen molar-refractivity contribution in [3.8, 4) is 5.75 Å². The number of nitrogens with one attached hydrogen (secondary N) is 1. The van der Waals surface area contributed by atoms with Crippen molar-refractivity contribution in [1.29, 1.82) is 0 Å². The van der Waals surface area contributed by atoms with Gasteiger partial charge in [0.2, 0.25) is 11.8 Å². The fourth-order valence-corrected chi connectivity index (χ4v) is 4.80. The highest BCUT2D eigenvalue weighted by Gasteiger charge is 2.31. The number of carbonyl (C=O) groups is 3. The van der Waals surface area contributed by atoms with Gasteiger partial charge >= 0.3 is 5.97 Å². The van der Waals surface area contributed by atoms with E-state index in [4.69, 9.17) is 15.2 Å². The standard InChI is InChI=1S/C26H29N3O5/c1-16(30)28-19-10-5-3-8-17(19)14-29-20-11-6-4-9-18(26(27)32)24(20)25-21(29)12-7-13-22(25)34-15-23(31)33-2/h3,5,7-8,10,12-13,18H,4,6,9,11,14-15H2,1-2H3,(H2,27,32)(H,28,30). The van der Waals surface area contributed by atoms with E-state index < -0.39 is 11.9 Å². The van der Waals surface area contributed by atoms with Gasteiger partial charge in [0.05, 0.1) is 18.5 Å². The molecule has 2 amide bonds. The van der Waals surface area contributed by atoms with Gasteiger partial charge < -0.3 is 25.1 Å². The lowest BCUT2D eigenvalue weighted by atomic mass is 9.92. The SMILES string of the molecule is COC(=O)COc1cccc2c1c1c(n2Cc2ccccc2NC(C)=O)CCCCC1C(N)=O. The number of carbonyl (C=O) groups excluding carboxylic acids is 3. The lowest BCUT2D eigenvalue weighted by Crippen LogP contribution is -2.22. The number of esters is 1. The van der Waals surface area contributed by atoms with Crippen LogP contribution in [0.15, 0.2) is 42.5 Å². The van der Waals surface area contributed by atoms with Crippen LogP contribution in [0, 0.1) is 0 Å². The van der Waals surface area contributed by atoms with Crippen molar-refractivity contribution in [1.82, 2.24) is 4.57 Å². The van der Waals surface area contributed by atoms with Gasteiger partial charge in [0, 0.05) is 30.2 Å². The highest BCUT2D eigenvalue weighted by atomic mass is 16.6. The van der Waals surface area contributed by atoms with Gasteiger partial charge in [0.25, 0.3) is 0 Å². The number of hydrogen-bond donors (Lipinski definition) is 2. The van der Waals surface area contributed by atoms with Crippen molar-refractivity contribution in [2.45, 2.75) is 45.1 Å². The number of aromatic nitrogens is 1. The molecule has 3 aromatic rings. The lowest BCUT2D eigenvalue weighted by Gasteiger charge is -2.15. The topological polar surface area (TPSA) is 113 Å². The minimum atomic E-state index is -0.488. The Morgan fingerprint density at radius 2 is 1.91 bits per heavy atom. The maximum Gasteiger partial charge on any atom is 0.343 e. The van der Waals surface area contributed by atoms with Crippen LogP contribution >= 0.6 is 0 Å². The molecule has 0 saturated carbocycles. The zero-order valence-corrected chi connectivity index (χ0v) is 19.4. The summed E-state index contributed by atoms with van der Waals surface area (Å²) in [4.78, 5) is 36.0. The highest BCUT2D eigenvalue weighted by molar-refractivity contribution is 5.97. The maximum absolute atomic E-state index is 12.5. The molecule has 1 aromatic heterocycles. The van der Waals surface area contributed by atoms with Crippen molar-refractivity contribution in [2.24, 2.45) is 5.73 Å². The predicted octanol–water partition coefficient (Wildman–Crippen LogP) is 3.50. The normalized spacial score (nSPS) is 15.3. The van der Waals surface area contributed by atoms with Crippen LogP contribution in [0.3, 0.4) is 0 Å². The summed E-state index contributed by atoms with van der Waals surface area (Å²) in [6.07, 6.45) is 3.26. The third-order valence-corrected chi connectivity index (χ3v) is 6.28. The molecule has 8 heteroatoms. The van der Waals surface area contributed by atoms with E-state index in [0.29, 0.717) is 18.7 Å². The van der Waals surface area contributed by atoms with E-state index in [9.17, 15) is 14.4 Å². The number of rotatable bonds is 7. The zero-order chi connectivity index (χ0) is 24.2. The van der Waals surface area contributed by atoms with Crippen LogP contribution < -0.4 is 15.8 Å². The summed E-state index contributed by atoms with van der Waals surface area (Å²) in [6, 6.07) is 13.3. The largest absolute Gasteiger partial charge is 0.481 e. The molecule has 0 bridgehead atoms. The second kappa shape index (κ2) is 9.99. The van der Waals surface area contributed by atoms with Crippen LogP contribution in [0.2, 0.25) is 0 Å². The number of methoxy groups -OCH3 is 1. The first kappa shape index (κ1) is 23.4. The summed E-state index contributed by atoms with van der Waals surface area (Å²) in [6.45, 7) is 1.74. The Bertz CT molecular complexity index is 1250. The Kier molecular flexibility index (Phi) is 6.86. The second-order valence-corrected chi connectivity index (χ2v) is 8.50. The van der Waals surface area contributed by atoms with Gasteiger partial charge in [0.1, 0.15) is 5.75 Å². The molecule has 178 valence electrons. The molecular formula is C26H29N3O5. The molecule has 1 atom stereocenters. The lowest BCUT2D eigenvalue weighted by molar-refractivity contribution is -0.142. The molecule has 3 N–H and O–H groups in total. The quantitative estimate of drug-likeness (QED) is 0.411. The first-order valence-electron chi connectivity index (χ1n) is 11.4. The summed E-state index contributed by atoms with van der Waals surface area (Å²) in [5.41, 5.74) is 10.3. The number of nitrogens with two attached hydrogens (primary N) is 1. The number of hydrogen-bond acceptors (Lipinski definition) is 5. The van der Waals surface area contributed by atoms with E-state index in [1.54, 1.807) is 6.07 Å². The van der Waals surface area contributed by atoms with E-state index in [2.05, 4.69) is 9.88 Å². The van der Waals surface area contributed by atoms with Gasteiger partial charge in [-0.15, -0.1) is 0 Å².